The van der Waals surface area contributed by atoms with Gasteiger partial charge in [0.2, 0.25) is 10.0 Å². The fraction of sp³-hybridized carbons (Fsp3) is 0.625. The summed E-state index contributed by atoms with van der Waals surface area (Å²) in [7, 11) is -1.77. The first-order chi connectivity index (χ1) is 9.79. The summed E-state index contributed by atoms with van der Waals surface area (Å²) in [6, 6.07) is 3.86. The van der Waals surface area contributed by atoms with E-state index in [1.54, 1.807) is 7.05 Å². The van der Waals surface area contributed by atoms with Gasteiger partial charge in [0.25, 0.3) is 0 Å². The molecule has 0 radical (unpaired) electrons. The predicted octanol–water partition coefficient (Wildman–Crippen LogP) is 3.54. The molecule has 0 spiro atoms. The van der Waals surface area contributed by atoms with E-state index in [9.17, 15) is 8.42 Å². The van der Waals surface area contributed by atoms with Crippen molar-refractivity contribution in [2.24, 2.45) is 0 Å². The van der Waals surface area contributed by atoms with Crippen LogP contribution in [-0.4, -0.2) is 32.4 Å². The number of rotatable bonds is 7. The molecule has 0 aliphatic carbocycles. The second-order valence-electron chi connectivity index (χ2n) is 5.46. The third-order valence-electron chi connectivity index (χ3n) is 3.94. The lowest BCUT2D eigenvalue weighted by atomic mass is 10.1. The Morgan fingerprint density at radius 3 is 1.95 bits per heavy atom. The van der Waals surface area contributed by atoms with E-state index < -0.39 is 10.0 Å². The van der Waals surface area contributed by atoms with Crippen molar-refractivity contribution in [1.29, 1.82) is 0 Å². The molecule has 120 valence electrons. The largest absolute Gasteiger partial charge is 0.385 e. The monoisotopic (exact) mass is 312 g/mol. The third-order valence-corrected chi connectivity index (χ3v) is 6.15. The van der Waals surface area contributed by atoms with E-state index in [0.717, 1.165) is 36.2 Å². The van der Waals surface area contributed by atoms with Crippen LogP contribution in [0.1, 0.15) is 44.7 Å². The van der Waals surface area contributed by atoms with Crippen molar-refractivity contribution in [3.8, 4) is 0 Å². The van der Waals surface area contributed by atoms with Crippen LogP contribution in [0.5, 0.6) is 0 Å². The lowest BCUT2D eigenvalue weighted by molar-refractivity contribution is 0.349. The van der Waals surface area contributed by atoms with Gasteiger partial charge in [-0.1, -0.05) is 13.8 Å². The number of nitrogens with zero attached hydrogens (tertiary/aromatic N) is 1. The summed E-state index contributed by atoms with van der Waals surface area (Å²) in [6.07, 6.45) is 1.64. The number of hydrogen-bond donors (Lipinski definition) is 1. The van der Waals surface area contributed by atoms with Crippen LogP contribution in [0, 0.1) is 13.8 Å². The lowest BCUT2D eigenvalue weighted by Gasteiger charge is -2.27. The minimum atomic E-state index is -3.45. The van der Waals surface area contributed by atoms with Gasteiger partial charge in [0.05, 0.1) is 4.90 Å². The van der Waals surface area contributed by atoms with Crippen LogP contribution >= 0.6 is 0 Å². The Morgan fingerprint density at radius 2 is 1.57 bits per heavy atom. The summed E-state index contributed by atoms with van der Waals surface area (Å²) < 4.78 is 27.3. The van der Waals surface area contributed by atoms with Crippen LogP contribution in [0.25, 0.3) is 0 Å². The topological polar surface area (TPSA) is 49.4 Å². The van der Waals surface area contributed by atoms with E-state index in [-0.39, 0.29) is 6.04 Å². The number of nitrogens with one attached hydrogen (secondary N) is 1. The Labute approximate surface area is 129 Å². The van der Waals surface area contributed by atoms with E-state index in [2.05, 4.69) is 5.32 Å². The van der Waals surface area contributed by atoms with Gasteiger partial charge in [0.15, 0.2) is 0 Å². The van der Waals surface area contributed by atoms with Crippen LogP contribution in [0.15, 0.2) is 17.0 Å². The van der Waals surface area contributed by atoms with Gasteiger partial charge in [0.1, 0.15) is 0 Å². The van der Waals surface area contributed by atoms with Gasteiger partial charge >= 0.3 is 0 Å². The molecule has 0 aliphatic heterocycles. The highest BCUT2D eigenvalue weighted by molar-refractivity contribution is 7.89. The summed E-state index contributed by atoms with van der Waals surface area (Å²) in [5.41, 5.74) is 2.56. The maximum atomic E-state index is 12.9. The molecule has 0 bridgehead atoms. The van der Waals surface area contributed by atoms with Crippen molar-refractivity contribution >= 4 is 15.7 Å². The fourth-order valence-electron chi connectivity index (χ4n) is 2.81. The lowest BCUT2D eigenvalue weighted by Crippen LogP contribution is -2.36. The molecular weight excluding hydrogens is 284 g/mol. The highest BCUT2D eigenvalue weighted by Crippen LogP contribution is 2.28. The molecule has 0 saturated carbocycles. The third kappa shape index (κ3) is 3.77. The van der Waals surface area contributed by atoms with Crippen molar-refractivity contribution in [1.82, 2.24) is 4.31 Å². The zero-order valence-corrected chi connectivity index (χ0v) is 14.8. The van der Waals surface area contributed by atoms with Gasteiger partial charge in [-0.25, -0.2) is 8.42 Å². The Balaban J connectivity index is 3.32. The first-order valence-electron chi connectivity index (χ1n) is 7.62. The van der Waals surface area contributed by atoms with Crippen LogP contribution in [0.2, 0.25) is 0 Å². The first kappa shape index (κ1) is 18.0. The summed E-state index contributed by atoms with van der Waals surface area (Å²) >= 11 is 0. The van der Waals surface area contributed by atoms with Crippen molar-refractivity contribution in [3.05, 3.63) is 23.3 Å². The van der Waals surface area contributed by atoms with Gasteiger partial charge in [-0.15, -0.1) is 0 Å². The van der Waals surface area contributed by atoms with E-state index in [0.29, 0.717) is 4.90 Å². The molecular formula is C16H28N2O2S. The number of anilines is 1. The molecule has 0 unspecified atom stereocenters. The smallest absolute Gasteiger partial charge is 0.243 e. The molecule has 0 aliphatic rings. The van der Waals surface area contributed by atoms with Gasteiger partial charge in [-0.2, -0.15) is 4.31 Å². The van der Waals surface area contributed by atoms with Gasteiger partial charge < -0.3 is 5.32 Å². The van der Waals surface area contributed by atoms with E-state index in [1.807, 2.05) is 46.8 Å². The number of aryl methyl sites for hydroxylation is 2. The number of benzene rings is 1. The van der Waals surface area contributed by atoms with Crippen LogP contribution in [-0.2, 0) is 10.0 Å². The molecule has 0 amide bonds. The quantitative estimate of drug-likeness (QED) is 0.837. The summed E-state index contributed by atoms with van der Waals surface area (Å²) in [6.45, 7) is 10.6. The Hall–Kier alpha value is -1.07. The van der Waals surface area contributed by atoms with E-state index in [4.69, 9.17) is 0 Å². The highest BCUT2D eigenvalue weighted by Gasteiger charge is 2.29. The molecule has 21 heavy (non-hydrogen) atoms. The summed E-state index contributed by atoms with van der Waals surface area (Å²) in [5.74, 6) is 0. The van der Waals surface area contributed by atoms with Crippen LogP contribution in [0.3, 0.4) is 0 Å². The van der Waals surface area contributed by atoms with Crippen molar-refractivity contribution in [2.45, 2.75) is 58.4 Å². The Bertz CT molecular complexity index is 555. The van der Waals surface area contributed by atoms with Crippen molar-refractivity contribution in [2.75, 3.05) is 18.9 Å². The van der Waals surface area contributed by atoms with Crippen LogP contribution < -0.4 is 5.32 Å². The predicted molar refractivity (Wildman–Crippen MR) is 89.4 cm³/mol. The molecule has 4 nitrogen and oxygen atoms in total. The van der Waals surface area contributed by atoms with Crippen LogP contribution in [0.4, 0.5) is 5.69 Å². The number of hydrogen-bond acceptors (Lipinski definition) is 3. The minimum absolute atomic E-state index is 0.0437. The van der Waals surface area contributed by atoms with Gasteiger partial charge in [-0.05, 0) is 56.9 Å². The summed E-state index contributed by atoms with van der Waals surface area (Å²) in [5, 5.41) is 3.23. The molecule has 0 aromatic heterocycles. The zero-order valence-electron chi connectivity index (χ0n) is 14.0. The molecule has 5 heteroatoms. The normalized spacial score (nSPS) is 12.2. The molecule has 1 N–H and O–H groups in total. The maximum Gasteiger partial charge on any atom is 0.243 e. The van der Waals surface area contributed by atoms with Crippen molar-refractivity contribution < 1.29 is 8.42 Å². The Kier molecular flexibility index (Phi) is 6.23. The fourth-order valence-corrected chi connectivity index (χ4v) is 4.72. The van der Waals surface area contributed by atoms with E-state index in [1.165, 1.54) is 4.31 Å². The standard InChI is InChI=1S/C16H28N2O2S/c1-7-15(8-2)18(6)21(19,20)16-12(4)10-14(17-9-3)11-13(16)5/h10-11,15,17H,7-9H2,1-6H3. The van der Waals surface area contributed by atoms with E-state index >= 15 is 0 Å². The molecule has 0 heterocycles. The average molecular weight is 312 g/mol. The second-order valence-corrected chi connectivity index (χ2v) is 7.40. The molecule has 1 aromatic rings. The molecule has 1 rings (SSSR count). The SMILES string of the molecule is CCNc1cc(C)c(S(=O)(=O)N(C)C(CC)CC)c(C)c1. The minimum Gasteiger partial charge on any atom is -0.385 e. The zero-order chi connectivity index (χ0) is 16.2. The van der Waals surface area contributed by atoms with Gasteiger partial charge in [-0.3, -0.25) is 0 Å². The molecule has 0 saturated heterocycles. The van der Waals surface area contributed by atoms with Gasteiger partial charge in [0, 0.05) is 25.3 Å². The molecule has 0 fully saturated rings. The number of sulfonamides is 1. The van der Waals surface area contributed by atoms with Crippen molar-refractivity contribution in [3.63, 3.8) is 0 Å². The molecule has 0 atom stereocenters. The average Bonchev–Trinajstić information content (AvgIpc) is 2.39. The summed E-state index contributed by atoms with van der Waals surface area (Å²) in [4.78, 5) is 0.443. The maximum absolute atomic E-state index is 12.9. The second kappa shape index (κ2) is 7.27. The highest BCUT2D eigenvalue weighted by atomic mass is 32.2. The Morgan fingerprint density at radius 1 is 1.10 bits per heavy atom. The first-order valence-corrected chi connectivity index (χ1v) is 9.06. The molecule has 1 aromatic carbocycles.